The van der Waals surface area contributed by atoms with E-state index in [2.05, 4.69) is 22.2 Å². The van der Waals surface area contributed by atoms with Gasteiger partial charge in [-0.1, -0.05) is 32.0 Å². The second kappa shape index (κ2) is 12.6. The second-order valence-electron chi connectivity index (χ2n) is 9.57. The van der Waals surface area contributed by atoms with Crippen LogP contribution < -0.4 is 10.2 Å². The highest BCUT2D eigenvalue weighted by Crippen LogP contribution is 2.33. The van der Waals surface area contributed by atoms with Crippen molar-refractivity contribution in [2.45, 2.75) is 50.6 Å². The number of esters is 1. The number of sulfone groups is 1. The van der Waals surface area contributed by atoms with Crippen LogP contribution in [0.2, 0.25) is 0 Å². The number of carbonyl (C=O) groups excluding carboxylic acids is 2. The van der Waals surface area contributed by atoms with Gasteiger partial charge in [0.1, 0.15) is 0 Å². The number of ether oxygens (including phenoxy) is 1. The fraction of sp³-hybridized carbons (Fsp3) is 0.379. The van der Waals surface area contributed by atoms with E-state index in [0.717, 1.165) is 17.5 Å². The molecular weight excluding hydrogens is 532 g/mol. The number of anilines is 1. The molecule has 0 spiro atoms. The Kier molecular flexibility index (Phi) is 9.16. The zero-order valence-corrected chi connectivity index (χ0v) is 23.6. The van der Waals surface area contributed by atoms with Gasteiger partial charge in [0.2, 0.25) is 5.95 Å². The Morgan fingerprint density at radius 1 is 1.07 bits per heavy atom. The Bertz CT molecular complexity index is 1460. The van der Waals surface area contributed by atoms with Gasteiger partial charge in [0, 0.05) is 37.0 Å². The lowest BCUT2D eigenvalue weighted by atomic mass is 9.87. The van der Waals surface area contributed by atoms with Crippen molar-refractivity contribution < 1.29 is 27.9 Å². The Morgan fingerprint density at radius 3 is 2.38 bits per heavy atom. The monoisotopic (exact) mass is 566 g/mol. The van der Waals surface area contributed by atoms with E-state index >= 15 is 0 Å². The van der Waals surface area contributed by atoms with Gasteiger partial charge in [-0.2, -0.15) is 0 Å². The van der Waals surface area contributed by atoms with Crippen molar-refractivity contribution in [3.05, 3.63) is 82.7 Å². The molecule has 0 radical (unpaired) electrons. The molecule has 1 aliphatic heterocycles. The minimum absolute atomic E-state index is 0.00775. The number of hydrogen-bond donors (Lipinski definition) is 2. The summed E-state index contributed by atoms with van der Waals surface area (Å²) in [5, 5.41) is 12.8. The van der Waals surface area contributed by atoms with Crippen LogP contribution in [0.15, 0.2) is 59.8 Å². The van der Waals surface area contributed by atoms with Gasteiger partial charge in [-0.3, -0.25) is 4.79 Å². The lowest BCUT2D eigenvalue weighted by Crippen LogP contribution is -2.35. The van der Waals surface area contributed by atoms with Crippen LogP contribution in [0.3, 0.4) is 0 Å². The number of aromatic nitrogens is 2. The average Bonchev–Trinajstić information content (AvgIpc) is 2.99. The molecule has 0 bridgehead atoms. The Hall–Kier alpha value is -3.83. The molecule has 11 heteroatoms. The fourth-order valence-corrected chi connectivity index (χ4v) is 5.66. The van der Waals surface area contributed by atoms with Crippen molar-refractivity contribution in [2.24, 2.45) is 0 Å². The van der Waals surface area contributed by atoms with Crippen molar-refractivity contribution in [2.75, 3.05) is 30.4 Å². The molecular formula is C29H34N4O6S. The van der Waals surface area contributed by atoms with E-state index in [4.69, 9.17) is 4.74 Å². The zero-order valence-electron chi connectivity index (χ0n) is 22.8. The van der Waals surface area contributed by atoms with E-state index < -0.39 is 21.8 Å². The first-order valence-corrected chi connectivity index (χ1v) is 15.0. The number of aliphatic hydroxyl groups excluding tert-OH is 1. The van der Waals surface area contributed by atoms with Gasteiger partial charge in [0.05, 0.1) is 35.5 Å². The number of fused-ring (bicyclic) bond motifs is 1. The van der Waals surface area contributed by atoms with Crippen LogP contribution in [0.25, 0.3) is 0 Å². The predicted molar refractivity (Wildman–Crippen MR) is 150 cm³/mol. The molecule has 0 unspecified atom stereocenters. The molecule has 0 saturated heterocycles. The number of amides is 1. The first-order valence-electron chi connectivity index (χ1n) is 13.3. The summed E-state index contributed by atoms with van der Waals surface area (Å²) in [5.74, 6) is -0.139. The van der Waals surface area contributed by atoms with Gasteiger partial charge < -0.3 is 20.1 Å². The summed E-state index contributed by atoms with van der Waals surface area (Å²) in [5.41, 5.74) is 3.46. The Labute approximate surface area is 234 Å². The minimum atomic E-state index is -3.35. The average molecular weight is 567 g/mol. The standard InChI is InChI=1S/C29H34N4O6S/c1-4-19-16-33(29-30-14-23(15-31-29)28(36)39-5-2)17-22-13-21(9-12-25(19)22)27(35)32-26(18-34)20-7-10-24(11-8-20)40(37,38)6-3/h7-15,19,26,34H,4-6,16-18H2,1-3H3,(H,32,35)/t19-,26+/m1/s1. The third-order valence-corrected chi connectivity index (χ3v) is 8.83. The van der Waals surface area contributed by atoms with Crippen molar-refractivity contribution in [3.8, 4) is 0 Å². The maximum atomic E-state index is 13.2. The van der Waals surface area contributed by atoms with Crippen LogP contribution in [0.5, 0.6) is 0 Å². The Morgan fingerprint density at radius 2 is 1.77 bits per heavy atom. The maximum absolute atomic E-state index is 13.2. The van der Waals surface area contributed by atoms with Gasteiger partial charge in [-0.05, 0) is 54.3 Å². The normalized spacial score (nSPS) is 15.7. The van der Waals surface area contributed by atoms with Gasteiger partial charge in [-0.25, -0.2) is 23.2 Å². The largest absolute Gasteiger partial charge is 0.462 e. The number of nitrogens with zero attached hydrogens (tertiary/aromatic N) is 3. The predicted octanol–water partition coefficient (Wildman–Crippen LogP) is 3.42. The summed E-state index contributed by atoms with van der Waals surface area (Å²) in [4.78, 5) is 36.2. The SMILES string of the molecule is CCOC(=O)c1cnc(N2Cc3cc(C(=O)N[C@@H](CO)c4ccc(S(=O)(=O)CC)cc4)ccc3[C@H](CC)C2)nc1. The molecule has 1 aromatic heterocycles. The summed E-state index contributed by atoms with van der Waals surface area (Å²) >= 11 is 0. The van der Waals surface area contributed by atoms with Crippen molar-refractivity contribution >= 4 is 27.7 Å². The molecule has 2 N–H and O–H groups in total. The molecule has 0 saturated carbocycles. The summed E-state index contributed by atoms with van der Waals surface area (Å²) in [7, 11) is -3.35. The first kappa shape index (κ1) is 29.2. The second-order valence-corrected chi connectivity index (χ2v) is 11.9. The van der Waals surface area contributed by atoms with Crippen LogP contribution in [-0.2, 0) is 21.1 Å². The third kappa shape index (κ3) is 6.31. The minimum Gasteiger partial charge on any atom is -0.462 e. The van der Waals surface area contributed by atoms with Crippen molar-refractivity contribution in [3.63, 3.8) is 0 Å². The van der Waals surface area contributed by atoms with E-state index in [1.54, 1.807) is 32.0 Å². The van der Waals surface area contributed by atoms with Gasteiger partial charge in [0.15, 0.2) is 9.84 Å². The van der Waals surface area contributed by atoms with Crippen LogP contribution >= 0.6 is 0 Å². The molecule has 10 nitrogen and oxygen atoms in total. The lowest BCUT2D eigenvalue weighted by molar-refractivity contribution is 0.0525. The highest BCUT2D eigenvalue weighted by Gasteiger charge is 2.27. The Balaban J connectivity index is 1.52. The van der Waals surface area contributed by atoms with Crippen LogP contribution in [0.4, 0.5) is 5.95 Å². The molecule has 1 amide bonds. The summed E-state index contributed by atoms with van der Waals surface area (Å²) in [6, 6.07) is 11.1. The van der Waals surface area contributed by atoms with Crippen LogP contribution in [0.1, 0.15) is 76.6 Å². The highest BCUT2D eigenvalue weighted by atomic mass is 32.2. The number of nitrogens with one attached hydrogen (secondary N) is 1. The number of benzene rings is 2. The molecule has 4 rings (SSSR count). The number of carbonyl (C=O) groups is 2. The number of rotatable bonds is 10. The molecule has 2 atom stereocenters. The fourth-order valence-electron chi connectivity index (χ4n) is 4.77. The van der Waals surface area contributed by atoms with E-state index in [9.17, 15) is 23.1 Å². The van der Waals surface area contributed by atoms with Gasteiger partial charge in [-0.15, -0.1) is 0 Å². The molecule has 0 fully saturated rings. The maximum Gasteiger partial charge on any atom is 0.341 e. The van der Waals surface area contributed by atoms with E-state index in [1.165, 1.54) is 24.5 Å². The molecule has 0 aliphatic carbocycles. The summed E-state index contributed by atoms with van der Waals surface area (Å²) in [6.07, 6.45) is 3.80. The molecule has 40 heavy (non-hydrogen) atoms. The van der Waals surface area contributed by atoms with Crippen molar-refractivity contribution in [1.82, 2.24) is 15.3 Å². The van der Waals surface area contributed by atoms with Crippen LogP contribution in [0, 0.1) is 0 Å². The van der Waals surface area contributed by atoms with Gasteiger partial charge >= 0.3 is 5.97 Å². The topological polar surface area (TPSA) is 139 Å². The quantitative estimate of drug-likeness (QED) is 0.353. The smallest absolute Gasteiger partial charge is 0.341 e. The zero-order chi connectivity index (χ0) is 28.9. The van der Waals surface area contributed by atoms with E-state index in [-0.39, 0.29) is 41.3 Å². The van der Waals surface area contributed by atoms with Gasteiger partial charge in [0.25, 0.3) is 5.91 Å². The first-order chi connectivity index (χ1) is 19.2. The highest BCUT2D eigenvalue weighted by molar-refractivity contribution is 7.91. The number of hydrogen-bond acceptors (Lipinski definition) is 9. The molecule has 2 heterocycles. The summed E-state index contributed by atoms with van der Waals surface area (Å²) in [6.45, 7) is 6.53. The summed E-state index contributed by atoms with van der Waals surface area (Å²) < 4.78 is 29.2. The lowest BCUT2D eigenvalue weighted by Gasteiger charge is -2.34. The molecule has 2 aromatic carbocycles. The number of aliphatic hydroxyl groups is 1. The molecule has 212 valence electrons. The van der Waals surface area contributed by atoms with E-state index in [0.29, 0.717) is 30.2 Å². The van der Waals surface area contributed by atoms with Crippen LogP contribution in [-0.4, -0.2) is 60.9 Å². The van der Waals surface area contributed by atoms with E-state index in [1.807, 2.05) is 17.0 Å². The third-order valence-electron chi connectivity index (χ3n) is 7.08. The molecule has 1 aliphatic rings. The molecule has 3 aromatic rings. The van der Waals surface area contributed by atoms with Crippen molar-refractivity contribution in [1.29, 1.82) is 0 Å².